The minimum absolute atomic E-state index is 0.123. The summed E-state index contributed by atoms with van der Waals surface area (Å²) in [6.07, 6.45) is 4.09. The van der Waals surface area contributed by atoms with E-state index in [9.17, 15) is 0 Å². The molecule has 0 bridgehead atoms. The number of pyridine rings is 1. The number of oxime groups is 1. The van der Waals surface area contributed by atoms with E-state index in [0.717, 1.165) is 18.9 Å². The Balaban J connectivity index is 2.25. The molecule has 1 aliphatic heterocycles. The van der Waals surface area contributed by atoms with Crippen molar-refractivity contribution in [3.05, 3.63) is 23.9 Å². The largest absolute Gasteiger partial charge is 0.409 e. The van der Waals surface area contributed by atoms with Crippen molar-refractivity contribution in [2.24, 2.45) is 10.9 Å². The molecule has 1 saturated heterocycles. The first kappa shape index (κ1) is 9.76. The SMILES string of the molecule is N/C(=N\O)c1ccnc(N2CCCC2)c1. The number of hydrogen-bond acceptors (Lipinski definition) is 4. The minimum atomic E-state index is 0.123. The van der Waals surface area contributed by atoms with Crippen molar-refractivity contribution in [3.63, 3.8) is 0 Å². The molecule has 3 N–H and O–H groups in total. The summed E-state index contributed by atoms with van der Waals surface area (Å²) in [7, 11) is 0. The van der Waals surface area contributed by atoms with Gasteiger partial charge in [-0.25, -0.2) is 4.98 Å². The number of hydrogen-bond donors (Lipinski definition) is 2. The van der Waals surface area contributed by atoms with Crippen LogP contribution in [-0.2, 0) is 0 Å². The number of nitrogens with zero attached hydrogens (tertiary/aromatic N) is 3. The third-order valence-corrected chi connectivity index (χ3v) is 2.58. The van der Waals surface area contributed by atoms with Crippen molar-refractivity contribution in [1.29, 1.82) is 0 Å². The van der Waals surface area contributed by atoms with Crippen molar-refractivity contribution in [1.82, 2.24) is 4.98 Å². The Bertz CT molecular complexity index is 371. The van der Waals surface area contributed by atoms with Crippen LogP contribution in [0, 0.1) is 0 Å². The van der Waals surface area contributed by atoms with E-state index in [0.29, 0.717) is 5.56 Å². The second-order valence-corrected chi connectivity index (χ2v) is 3.58. The Morgan fingerprint density at radius 3 is 2.87 bits per heavy atom. The molecule has 1 aromatic rings. The number of amidine groups is 1. The summed E-state index contributed by atoms with van der Waals surface area (Å²) in [5, 5.41) is 11.5. The molecule has 2 rings (SSSR count). The smallest absolute Gasteiger partial charge is 0.170 e. The highest BCUT2D eigenvalue weighted by Crippen LogP contribution is 2.18. The van der Waals surface area contributed by atoms with E-state index >= 15 is 0 Å². The molecule has 5 nitrogen and oxygen atoms in total. The molecular weight excluding hydrogens is 192 g/mol. The summed E-state index contributed by atoms with van der Waals surface area (Å²) in [5.74, 6) is 1.02. The molecule has 1 aliphatic rings. The highest BCUT2D eigenvalue weighted by atomic mass is 16.4. The third kappa shape index (κ3) is 2.01. The lowest BCUT2D eigenvalue weighted by atomic mass is 10.2. The molecule has 0 amide bonds. The molecule has 1 aromatic heterocycles. The van der Waals surface area contributed by atoms with Crippen LogP contribution >= 0.6 is 0 Å². The Labute approximate surface area is 88.2 Å². The summed E-state index contributed by atoms with van der Waals surface area (Å²) in [6.45, 7) is 2.07. The van der Waals surface area contributed by atoms with Gasteiger partial charge in [-0.15, -0.1) is 0 Å². The van der Waals surface area contributed by atoms with E-state index in [4.69, 9.17) is 10.9 Å². The van der Waals surface area contributed by atoms with Gasteiger partial charge in [0.1, 0.15) is 5.82 Å². The first-order chi connectivity index (χ1) is 7.31. The fraction of sp³-hybridized carbons (Fsp3) is 0.400. The zero-order valence-electron chi connectivity index (χ0n) is 8.43. The van der Waals surface area contributed by atoms with Gasteiger partial charge < -0.3 is 15.8 Å². The van der Waals surface area contributed by atoms with E-state index in [-0.39, 0.29) is 5.84 Å². The van der Waals surface area contributed by atoms with E-state index in [1.165, 1.54) is 12.8 Å². The lowest BCUT2D eigenvalue weighted by Crippen LogP contribution is -2.20. The maximum Gasteiger partial charge on any atom is 0.170 e. The van der Waals surface area contributed by atoms with Crippen LogP contribution in [0.25, 0.3) is 0 Å². The van der Waals surface area contributed by atoms with Crippen molar-refractivity contribution < 1.29 is 5.21 Å². The molecule has 2 heterocycles. The van der Waals surface area contributed by atoms with E-state index in [2.05, 4.69) is 15.0 Å². The first-order valence-electron chi connectivity index (χ1n) is 5.00. The Kier molecular flexibility index (Phi) is 2.71. The normalized spacial score (nSPS) is 17.1. The van der Waals surface area contributed by atoms with Gasteiger partial charge >= 0.3 is 0 Å². The van der Waals surface area contributed by atoms with Crippen LogP contribution in [0.1, 0.15) is 18.4 Å². The first-order valence-corrected chi connectivity index (χ1v) is 5.00. The van der Waals surface area contributed by atoms with Gasteiger partial charge in [-0.1, -0.05) is 5.16 Å². The van der Waals surface area contributed by atoms with Crippen LogP contribution in [0.5, 0.6) is 0 Å². The maximum atomic E-state index is 8.57. The lowest BCUT2D eigenvalue weighted by Gasteiger charge is -2.16. The van der Waals surface area contributed by atoms with E-state index < -0.39 is 0 Å². The predicted molar refractivity (Wildman–Crippen MR) is 58.2 cm³/mol. The van der Waals surface area contributed by atoms with E-state index in [1.54, 1.807) is 12.3 Å². The monoisotopic (exact) mass is 206 g/mol. The summed E-state index contributed by atoms with van der Waals surface area (Å²) in [5.41, 5.74) is 6.22. The van der Waals surface area contributed by atoms with Gasteiger partial charge in [0, 0.05) is 24.8 Å². The number of rotatable bonds is 2. The molecule has 0 aliphatic carbocycles. The molecular formula is C10H14N4O. The highest BCUT2D eigenvalue weighted by Gasteiger charge is 2.14. The van der Waals surface area contributed by atoms with Crippen LogP contribution < -0.4 is 10.6 Å². The van der Waals surface area contributed by atoms with Gasteiger partial charge in [-0.05, 0) is 25.0 Å². The Morgan fingerprint density at radius 1 is 1.47 bits per heavy atom. The second kappa shape index (κ2) is 4.16. The topological polar surface area (TPSA) is 74.7 Å². The molecule has 15 heavy (non-hydrogen) atoms. The average Bonchev–Trinajstić information content (AvgIpc) is 2.82. The van der Waals surface area contributed by atoms with Gasteiger partial charge in [-0.2, -0.15) is 0 Å². The zero-order valence-corrected chi connectivity index (χ0v) is 8.43. The maximum absolute atomic E-state index is 8.57. The van der Waals surface area contributed by atoms with Crippen molar-refractivity contribution in [2.75, 3.05) is 18.0 Å². The molecule has 1 fully saturated rings. The molecule has 80 valence electrons. The second-order valence-electron chi connectivity index (χ2n) is 3.58. The summed E-state index contributed by atoms with van der Waals surface area (Å²) >= 11 is 0. The third-order valence-electron chi connectivity index (χ3n) is 2.58. The predicted octanol–water partition coefficient (Wildman–Crippen LogP) is 0.776. The number of aromatic nitrogens is 1. The molecule has 0 unspecified atom stereocenters. The van der Waals surface area contributed by atoms with E-state index in [1.807, 2.05) is 6.07 Å². The Morgan fingerprint density at radius 2 is 2.20 bits per heavy atom. The number of anilines is 1. The van der Waals surface area contributed by atoms with Gasteiger partial charge in [0.2, 0.25) is 0 Å². The van der Waals surface area contributed by atoms with Crippen LogP contribution in [0.4, 0.5) is 5.82 Å². The van der Waals surface area contributed by atoms with Crippen LogP contribution in [0.15, 0.2) is 23.5 Å². The fourth-order valence-corrected chi connectivity index (χ4v) is 1.75. The zero-order chi connectivity index (χ0) is 10.7. The molecule has 0 spiro atoms. The average molecular weight is 206 g/mol. The molecule has 0 saturated carbocycles. The fourth-order valence-electron chi connectivity index (χ4n) is 1.75. The quantitative estimate of drug-likeness (QED) is 0.324. The standard InChI is InChI=1S/C10H14N4O/c11-10(13-15)8-3-4-12-9(7-8)14-5-1-2-6-14/h3-4,7,15H,1-2,5-6H2,(H2,11,13). The van der Waals surface area contributed by atoms with Gasteiger partial charge in [-0.3, -0.25) is 0 Å². The Hall–Kier alpha value is -1.78. The molecule has 5 heteroatoms. The van der Waals surface area contributed by atoms with Crippen LogP contribution in [0.2, 0.25) is 0 Å². The van der Waals surface area contributed by atoms with Crippen molar-refractivity contribution in [3.8, 4) is 0 Å². The molecule has 0 aromatic carbocycles. The van der Waals surface area contributed by atoms with Crippen molar-refractivity contribution >= 4 is 11.7 Å². The number of nitrogens with two attached hydrogens (primary N) is 1. The van der Waals surface area contributed by atoms with Gasteiger partial charge in [0.15, 0.2) is 5.84 Å². The minimum Gasteiger partial charge on any atom is -0.409 e. The van der Waals surface area contributed by atoms with Crippen LogP contribution in [0.3, 0.4) is 0 Å². The highest BCUT2D eigenvalue weighted by molar-refractivity contribution is 5.97. The van der Waals surface area contributed by atoms with Crippen molar-refractivity contribution in [2.45, 2.75) is 12.8 Å². The molecule has 0 radical (unpaired) electrons. The van der Waals surface area contributed by atoms with Gasteiger partial charge in [0.05, 0.1) is 0 Å². The van der Waals surface area contributed by atoms with Crippen LogP contribution in [-0.4, -0.2) is 29.1 Å². The summed E-state index contributed by atoms with van der Waals surface area (Å²) in [6, 6.07) is 3.58. The summed E-state index contributed by atoms with van der Waals surface area (Å²) in [4.78, 5) is 6.47. The summed E-state index contributed by atoms with van der Waals surface area (Å²) < 4.78 is 0. The van der Waals surface area contributed by atoms with Gasteiger partial charge in [0.25, 0.3) is 0 Å². The lowest BCUT2D eigenvalue weighted by molar-refractivity contribution is 0.318. The molecule has 0 atom stereocenters.